The Morgan fingerprint density at radius 2 is 1.73 bits per heavy atom. The Kier molecular flexibility index (Phi) is 10.4. The summed E-state index contributed by atoms with van der Waals surface area (Å²) in [6.07, 6.45) is 8.98. The van der Waals surface area contributed by atoms with Crippen LogP contribution < -0.4 is 5.32 Å². The maximum Gasteiger partial charge on any atom is 0.0584 e. The molecular formula is C13H29NO. The van der Waals surface area contributed by atoms with Crippen LogP contribution in [-0.2, 0) is 0 Å². The van der Waals surface area contributed by atoms with Crippen LogP contribution in [0.3, 0.4) is 0 Å². The van der Waals surface area contributed by atoms with Crippen molar-refractivity contribution in [2.24, 2.45) is 0 Å². The number of aliphatic hydroxyl groups is 1. The molecule has 0 heterocycles. The van der Waals surface area contributed by atoms with Crippen LogP contribution in [0.25, 0.3) is 0 Å². The van der Waals surface area contributed by atoms with E-state index in [2.05, 4.69) is 26.1 Å². The minimum absolute atomic E-state index is 0.261. The van der Waals surface area contributed by atoms with Crippen molar-refractivity contribution in [2.45, 2.75) is 77.8 Å². The average Bonchev–Trinajstić information content (AvgIpc) is 2.25. The van der Waals surface area contributed by atoms with Crippen molar-refractivity contribution in [3.8, 4) is 0 Å². The van der Waals surface area contributed by atoms with E-state index in [9.17, 15) is 0 Å². The van der Waals surface area contributed by atoms with Gasteiger partial charge in [0, 0.05) is 12.1 Å². The van der Waals surface area contributed by atoms with Crippen LogP contribution >= 0.6 is 0 Å². The minimum Gasteiger partial charge on any atom is -0.395 e. The maximum atomic E-state index is 9.05. The highest BCUT2D eigenvalue weighted by atomic mass is 16.3. The summed E-state index contributed by atoms with van der Waals surface area (Å²) in [5, 5.41) is 12.5. The summed E-state index contributed by atoms with van der Waals surface area (Å²) in [6, 6.07) is 0.833. The maximum absolute atomic E-state index is 9.05. The molecule has 0 amide bonds. The molecule has 2 nitrogen and oxygen atoms in total. The van der Waals surface area contributed by atoms with Crippen LogP contribution in [0.2, 0.25) is 0 Å². The van der Waals surface area contributed by atoms with Crippen molar-refractivity contribution in [3.05, 3.63) is 0 Å². The molecule has 0 aliphatic carbocycles. The first-order valence-corrected chi connectivity index (χ1v) is 6.61. The second-order valence-electron chi connectivity index (χ2n) is 4.56. The fourth-order valence-electron chi connectivity index (χ4n) is 1.84. The number of rotatable bonds is 10. The Morgan fingerprint density at radius 3 is 2.27 bits per heavy atom. The first kappa shape index (κ1) is 14.9. The van der Waals surface area contributed by atoms with Gasteiger partial charge in [0.1, 0.15) is 0 Å². The third-order valence-electron chi connectivity index (χ3n) is 2.97. The summed E-state index contributed by atoms with van der Waals surface area (Å²) < 4.78 is 0. The predicted molar refractivity (Wildman–Crippen MR) is 67.1 cm³/mol. The smallest absolute Gasteiger partial charge is 0.0584 e. The van der Waals surface area contributed by atoms with Gasteiger partial charge in [0.25, 0.3) is 0 Å². The third kappa shape index (κ3) is 8.88. The molecule has 0 aliphatic rings. The third-order valence-corrected chi connectivity index (χ3v) is 2.97. The fourth-order valence-corrected chi connectivity index (χ4v) is 1.84. The minimum atomic E-state index is 0.261. The Hall–Kier alpha value is -0.0800. The summed E-state index contributed by atoms with van der Waals surface area (Å²) in [7, 11) is 0. The molecule has 2 N–H and O–H groups in total. The van der Waals surface area contributed by atoms with Gasteiger partial charge in [0.2, 0.25) is 0 Å². The lowest BCUT2D eigenvalue weighted by Crippen LogP contribution is -2.38. The number of unbranched alkanes of at least 4 members (excludes halogenated alkanes) is 4. The summed E-state index contributed by atoms with van der Waals surface area (Å²) in [5.41, 5.74) is 0. The quantitative estimate of drug-likeness (QED) is 0.549. The highest BCUT2D eigenvalue weighted by Gasteiger charge is 2.08. The van der Waals surface area contributed by atoms with Gasteiger partial charge in [-0.1, -0.05) is 46.0 Å². The summed E-state index contributed by atoms with van der Waals surface area (Å²) in [4.78, 5) is 0. The number of hydrogen-bond acceptors (Lipinski definition) is 2. The Labute approximate surface area is 95.5 Å². The molecule has 2 unspecified atom stereocenters. The van der Waals surface area contributed by atoms with E-state index in [-0.39, 0.29) is 12.6 Å². The summed E-state index contributed by atoms with van der Waals surface area (Å²) in [5.74, 6) is 0. The molecule has 0 radical (unpaired) electrons. The molecule has 0 rings (SSSR count). The highest BCUT2D eigenvalue weighted by Crippen LogP contribution is 2.07. The van der Waals surface area contributed by atoms with Crippen LogP contribution in [0, 0.1) is 0 Å². The SMILES string of the molecule is CCCCCCCC(C)NC(CC)CO. The predicted octanol–water partition coefficient (Wildman–Crippen LogP) is 3.10. The van der Waals surface area contributed by atoms with Gasteiger partial charge in [-0.2, -0.15) is 0 Å². The zero-order chi connectivity index (χ0) is 11.5. The lowest BCUT2D eigenvalue weighted by atomic mass is 10.1. The molecule has 0 fully saturated rings. The molecule has 0 saturated heterocycles. The van der Waals surface area contributed by atoms with Gasteiger partial charge in [0.05, 0.1) is 6.61 Å². The van der Waals surface area contributed by atoms with Gasteiger partial charge in [-0.15, -0.1) is 0 Å². The monoisotopic (exact) mass is 215 g/mol. The van der Waals surface area contributed by atoms with Crippen LogP contribution in [0.5, 0.6) is 0 Å². The molecule has 0 aromatic rings. The molecular weight excluding hydrogens is 186 g/mol. The largest absolute Gasteiger partial charge is 0.395 e. The molecule has 0 saturated carbocycles. The second kappa shape index (κ2) is 10.4. The van der Waals surface area contributed by atoms with Crippen LogP contribution in [-0.4, -0.2) is 23.8 Å². The number of hydrogen-bond donors (Lipinski definition) is 2. The second-order valence-corrected chi connectivity index (χ2v) is 4.56. The van der Waals surface area contributed by atoms with Gasteiger partial charge >= 0.3 is 0 Å². The van der Waals surface area contributed by atoms with E-state index in [4.69, 9.17) is 5.11 Å². The first-order chi connectivity index (χ1) is 7.24. The van der Waals surface area contributed by atoms with Crippen molar-refractivity contribution in [1.29, 1.82) is 0 Å². The van der Waals surface area contributed by atoms with E-state index in [1.807, 2.05) is 0 Å². The Balaban J connectivity index is 3.35. The van der Waals surface area contributed by atoms with E-state index < -0.39 is 0 Å². The fraction of sp³-hybridized carbons (Fsp3) is 1.00. The van der Waals surface area contributed by atoms with Gasteiger partial charge < -0.3 is 10.4 Å². The number of aliphatic hydroxyl groups excluding tert-OH is 1. The van der Waals surface area contributed by atoms with E-state index in [1.165, 1.54) is 38.5 Å². The van der Waals surface area contributed by atoms with Crippen molar-refractivity contribution in [2.75, 3.05) is 6.61 Å². The van der Waals surface area contributed by atoms with E-state index in [0.29, 0.717) is 6.04 Å². The standard InChI is InChI=1S/C13H29NO/c1-4-6-7-8-9-10-12(3)14-13(5-2)11-15/h12-15H,4-11H2,1-3H3. The molecule has 0 aromatic carbocycles. The van der Waals surface area contributed by atoms with Crippen molar-refractivity contribution in [3.63, 3.8) is 0 Å². The van der Waals surface area contributed by atoms with Gasteiger partial charge in [-0.3, -0.25) is 0 Å². The van der Waals surface area contributed by atoms with Crippen LogP contribution in [0.4, 0.5) is 0 Å². The van der Waals surface area contributed by atoms with E-state index in [1.54, 1.807) is 0 Å². The zero-order valence-corrected chi connectivity index (χ0v) is 10.8. The highest BCUT2D eigenvalue weighted by molar-refractivity contribution is 4.69. The Bertz CT molecular complexity index is 124. The van der Waals surface area contributed by atoms with Crippen molar-refractivity contribution < 1.29 is 5.11 Å². The van der Waals surface area contributed by atoms with Crippen LogP contribution in [0.1, 0.15) is 65.7 Å². The van der Waals surface area contributed by atoms with E-state index >= 15 is 0 Å². The van der Waals surface area contributed by atoms with Crippen LogP contribution in [0.15, 0.2) is 0 Å². The molecule has 0 aromatic heterocycles. The Morgan fingerprint density at radius 1 is 1.07 bits per heavy atom. The van der Waals surface area contributed by atoms with Crippen molar-refractivity contribution in [1.82, 2.24) is 5.32 Å². The molecule has 92 valence electrons. The molecule has 0 bridgehead atoms. The molecule has 2 atom stereocenters. The molecule has 2 heteroatoms. The molecule has 0 aliphatic heterocycles. The zero-order valence-electron chi connectivity index (χ0n) is 10.8. The average molecular weight is 215 g/mol. The number of nitrogens with one attached hydrogen (secondary N) is 1. The summed E-state index contributed by atoms with van der Waals surface area (Å²) >= 11 is 0. The topological polar surface area (TPSA) is 32.3 Å². The van der Waals surface area contributed by atoms with Gasteiger partial charge in [0.15, 0.2) is 0 Å². The summed E-state index contributed by atoms with van der Waals surface area (Å²) in [6.45, 7) is 6.84. The molecule has 15 heavy (non-hydrogen) atoms. The lowest BCUT2D eigenvalue weighted by Gasteiger charge is -2.20. The van der Waals surface area contributed by atoms with Gasteiger partial charge in [-0.05, 0) is 19.8 Å². The van der Waals surface area contributed by atoms with Crippen molar-refractivity contribution >= 4 is 0 Å². The molecule has 0 spiro atoms. The van der Waals surface area contributed by atoms with E-state index in [0.717, 1.165) is 6.42 Å². The van der Waals surface area contributed by atoms with Gasteiger partial charge in [-0.25, -0.2) is 0 Å². The first-order valence-electron chi connectivity index (χ1n) is 6.61. The lowest BCUT2D eigenvalue weighted by molar-refractivity contribution is 0.227. The normalized spacial score (nSPS) is 15.2.